The number of ketones is 1. The van der Waals surface area contributed by atoms with Crippen LogP contribution in [0.4, 0.5) is 0 Å². The third-order valence-electron chi connectivity index (χ3n) is 5.97. The SMILES string of the molecule is O=C1C2COC[C@@H]1CC(OCc1c(-c3c(Cl)cccc3Cl)noc1C1CC1)C2. The molecule has 3 aliphatic rings. The first-order chi connectivity index (χ1) is 13.6. The van der Waals surface area contributed by atoms with Gasteiger partial charge in [0, 0.05) is 28.9 Å². The van der Waals surface area contributed by atoms with E-state index in [0.717, 1.165) is 24.2 Å². The molecular formula is C21H21Cl2NO4. The summed E-state index contributed by atoms with van der Waals surface area (Å²) >= 11 is 12.8. The number of halogens is 2. The zero-order chi connectivity index (χ0) is 19.3. The van der Waals surface area contributed by atoms with Gasteiger partial charge in [0.1, 0.15) is 17.2 Å². The number of aromatic nitrogens is 1. The van der Waals surface area contributed by atoms with Crippen molar-refractivity contribution in [2.24, 2.45) is 11.8 Å². The smallest absolute Gasteiger partial charge is 0.145 e. The van der Waals surface area contributed by atoms with Crippen LogP contribution < -0.4 is 0 Å². The maximum absolute atomic E-state index is 12.3. The fourth-order valence-corrected chi connectivity index (χ4v) is 4.91. The summed E-state index contributed by atoms with van der Waals surface area (Å²) < 4.78 is 17.5. The second-order valence-electron chi connectivity index (χ2n) is 7.98. The van der Waals surface area contributed by atoms with E-state index in [4.69, 9.17) is 37.2 Å². The minimum Gasteiger partial charge on any atom is -0.380 e. The van der Waals surface area contributed by atoms with Gasteiger partial charge in [-0.15, -0.1) is 0 Å². The van der Waals surface area contributed by atoms with Gasteiger partial charge in [0.15, 0.2) is 0 Å². The highest BCUT2D eigenvalue weighted by Crippen LogP contribution is 2.46. The van der Waals surface area contributed by atoms with Crippen LogP contribution in [0.3, 0.4) is 0 Å². The van der Waals surface area contributed by atoms with Crippen LogP contribution in [0.15, 0.2) is 22.7 Å². The summed E-state index contributed by atoms with van der Waals surface area (Å²) in [7, 11) is 0. The fourth-order valence-electron chi connectivity index (χ4n) is 4.33. The van der Waals surface area contributed by atoms with Gasteiger partial charge in [-0.2, -0.15) is 0 Å². The molecule has 2 bridgehead atoms. The molecule has 3 fully saturated rings. The van der Waals surface area contributed by atoms with Gasteiger partial charge in [-0.05, 0) is 37.8 Å². The highest BCUT2D eigenvalue weighted by Gasteiger charge is 2.41. The summed E-state index contributed by atoms with van der Waals surface area (Å²) in [5, 5.41) is 5.39. The second kappa shape index (κ2) is 7.45. The Kier molecular flexibility index (Phi) is 4.95. The zero-order valence-corrected chi connectivity index (χ0v) is 16.8. The first kappa shape index (κ1) is 18.6. The molecule has 1 aromatic carbocycles. The lowest BCUT2D eigenvalue weighted by atomic mass is 9.77. The molecule has 0 spiro atoms. The Balaban J connectivity index is 1.40. The molecule has 1 aliphatic heterocycles. The number of ether oxygens (including phenoxy) is 2. The average Bonchev–Trinajstić information content (AvgIpc) is 3.41. The highest BCUT2D eigenvalue weighted by molar-refractivity contribution is 6.39. The lowest BCUT2D eigenvalue weighted by Crippen LogP contribution is -2.45. The molecule has 1 saturated heterocycles. The van der Waals surface area contributed by atoms with Crippen LogP contribution in [0.25, 0.3) is 11.3 Å². The quantitative estimate of drug-likeness (QED) is 0.676. The summed E-state index contributed by atoms with van der Waals surface area (Å²) in [6, 6.07) is 5.41. The number of fused-ring (bicyclic) bond motifs is 2. The maximum atomic E-state index is 12.3. The number of Topliss-reactive ketones (excluding diaryl/α,β-unsaturated/α-hetero) is 1. The van der Waals surface area contributed by atoms with E-state index in [2.05, 4.69) is 5.16 Å². The summed E-state index contributed by atoms with van der Waals surface area (Å²) in [5.41, 5.74) is 2.27. The fraction of sp³-hybridized carbons (Fsp3) is 0.524. The molecule has 0 N–H and O–H groups in total. The van der Waals surface area contributed by atoms with Gasteiger partial charge in [-0.1, -0.05) is 34.4 Å². The molecule has 2 aromatic rings. The van der Waals surface area contributed by atoms with E-state index in [0.29, 0.717) is 65.7 Å². The Bertz CT molecular complexity index is 872. The Labute approximate surface area is 173 Å². The zero-order valence-electron chi connectivity index (χ0n) is 15.3. The third kappa shape index (κ3) is 3.39. The molecule has 0 amide bonds. The Morgan fingerprint density at radius 1 is 1.07 bits per heavy atom. The number of nitrogens with zero attached hydrogens (tertiary/aromatic N) is 1. The van der Waals surface area contributed by atoms with E-state index >= 15 is 0 Å². The van der Waals surface area contributed by atoms with Gasteiger partial charge in [-0.3, -0.25) is 4.79 Å². The van der Waals surface area contributed by atoms with Crippen LogP contribution in [-0.4, -0.2) is 30.3 Å². The molecule has 2 saturated carbocycles. The van der Waals surface area contributed by atoms with Crippen molar-refractivity contribution in [3.63, 3.8) is 0 Å². The predicted molar refractivity (Wildman–Crippen MR) is 105 cm³/mol. The third-order valence-corrected chi connectivity index (χ3v) is 6.60. The number of carbonyl (C=O) groups is 1. The Morgan fingerprint density at radius 3 is 2.39 bits per heavy atom. The first-order valence-corrected chi connectivity index (χ1v) is 10.5. The van der Waals surface area contributed by atoms with Crippen molar-refractivity contribution in [1.29, 1.82) is 0 Å². The second-order valence-corrected chi connectivity index (χ2v) is 8.80. The lowest BCUT2D eigenvalue weighted by Gasteiger charge is -2.37. The Morgan fingerprint density at radius 2 is 1.75 bits per heavy atom. The normalized spacial score (nSPS) is 27.2. The van der Waals surface area contributed by atoms with Crippen molar-refractivity contribution in [2.75, 3.05) is 13.2 Å². The van der Waals surface area contributed by atoms with Crippen LogP contribution in [0, 0.1) is 11.8 Å². The monoisotopic (exact) mass is 421 g/mol. The highest BCUT2D eigenvalue weighted by atomic mass is 35.5. The van der Waals surface area contributed by atoms with Gasteiger partial charge >= 0.3 is 0 Å². The molecule has 2 unspecified atom stereocenters. The standard InChI is InChI=1S/C21H21Cl2NO4/c22-16-2-1-3-17(23)18(16)19-15(21(28-24-19)11-4-5-11)10-27-14-6-12-8-26-9-13(7-14)20(12)25/h1-3,11-14H,4-10H2/t12-,13?,14?/m0/s1. The van der Waals surface area contributed by atoms with E-state index < -0.39 is 0 Å². The minimum absolute atomic E-state index is 0.0353. The van der Waals surface area contributed by atoms with Crippen LogP contribution in [-0.2, 0) is 20.9 Å². The molecule has 3 atom stereocenters. The number of hydrogen-bond acceptors (Lipinski definition) is 5. The number of hydrogen-bond donors (Lipinski definition) is 0. The number of carbonyl (C=O) groups excluding carboxylic acids is 1. The maximum Gasteiger partial charge on any atom is 0.145 e. The van der Waals surface area contributed by atoms with Crippen LogP contribution in [0.1, 0.15) is 42.9 Å². The molecule has 0 radical (unpaired) electrons. The summed E-state index contributed by atoms with van der Waals surface area (Å²) in [4.78, 5) is 12.3. The number of rotatable bonds is 5. The van der Waals surface area contributed by atoms with E-state index in [-0.39, 0.29) is 17.9 Å². The molecule has 7 heteroatoms. The molecule has 2 aliphatic carbocycles. The summed E-state index contributed by atoms with van der Waals surface area (Å²) in [5.74, 6) is 1.52. The van der Waals surface area contributed by atoms with Crippen LogP contribution >= 0.6 is 23.2 Å². The molecule has 5 rings (SSSR count). The summed E-state index contributed by atoms with van der Waals surface area (Å²) in [6.45, 7) is 1.40. The van der Waals surface area contributed by atoms with Gasteiger partial charge in [0.05, 0.1) is 36.0 Å². The summed E-state index contributed by atoms with van der Waals surface area (Å²) in [6.07, 6.45) is 3.64. The minimum atomic E-state index is -0.0413. The van der Waals surface area contributed by atoms with Crippen LogP contribution in [0.2, 0.25) is 10.0 Å². The Hall–Kier alpha value is -1.40. The van der Waals surface area contributed by atoms with E-state index in [1.807, 2.05) is 6.07 Å². The molecule has 2 heterocycles. The number of benzene rings is 1. The van der Waals surface area contributed by atoms with Gasteiger partial charge in [0.25, 0.3) is 0 Å². The van der Waals surface area contributed by atoms with Gasteiger partial charge in [0.2, 0.25) is 0 Å². The van der Waals surface area contributed by atoms with E-state index in [1.165, 1.54) is 0 Å². The topological polar surface area (TPSA) is 61.6 Å². The van der Waals surface area contributed by atoms with Crippen molar-refractivity contribution in [3.05, 3.63) is 39.6 Å². The van der Waals surface area contributed by atoms with Crippen LogP contribution in [0.5, 0.6) is 0 Å². The van der Waals surface area contributed by atoms with Crippen molar-refractivity contribution < 1.29 is 18.8 Å². The molecule has 148 valence electrons. The molecular weight excluding hydrogens is 401 g/mol. The first-order valence-electron chi connectivity index (χ1n) is 9.77. The van der Waals surface area contributed by atoms with Gasteiger partial charge < -0.3 is 14.0 Å². The van der Waals surface area contributed by atoms with Crippen molar-refractivity contribution in [1.82, 2.24) is 5.16 Å². The van der Waals surface area contributed by atoms with E-state index in [1.54, 1.807) is 12.1 Å². The molecule has 1 aromatic heterocycles. The van der Waals surface area contributed by atoms with Crippen molar-refractivity contribution in [3.8, 4) is 11.3 Å². The lowest BCUT2D eigenvalue weighted by molar-refractivity contribution is -0.149. The predicted octanol–water partition coefficient (Wildman–Crippen LogP) is 5.04. The van der Waals surface area contributed by atoms with Crippen molar-refractivity contribution in [2.45, 2.75) is 44.3 Å². The van der Waals surface area contributed by atoms with Gasteiger partial charge in [-0.25, -0.2) is 0 Å². The largest absolute Gasteiger partial charge is 0.380 e. The molecule has 28 heavy (non-hydrogen) atoms. The van der Waals surface area contributed by atoms with Crippen molar-refractivity contribution >= 4 is 29.0 Å². The van der Waals surface area contributed by atoms with E-state index in [9.17, 15) is 4.79 Å². The molecule has 5 nitrogen and oxygen atoms in total. The average molecular weight is 422 g/mol.